The fourth-order valence-corrected chi connectivity index (χ4v) is 2.83. The van der Waals surface area contributed by atoms with E-state index >= 15 is 0 Å². The standard InChI is InChI=1S/C19H17Br2FN2O3/c1-23-19(25)18(24-26-2)15-6-4-3-5-12(15)11-27-16-8-7-14(22)9-13(16)10-17(20)21/h3-10H,11H2,1-2H3,(H,23,25). The van der Waals surface area contributed by atoms with Crippen molar-refractivity contribution in [3.63, 3.8) is 0 Å². The number of hydrogen-bond donors (Lipinski definition) is 1. The first-order valence-electron chi connectivity index (χ1n) is 7.82. The molecular weight excluding hydrogens is 483 g/mol. The molecule has 8 heteroatoms. The Labute approximate surface area is 173 Å². The Balaban J connectivity index is 2.34. The fourth-order valence-electron chi connectivity index (χ4n) is 2.34. The molecule has 0 aromatic heterocycles. The van der Waals surface area contributed by atoms with Gasteiger partial charge in [-0.1, -0.05) is 29.4 Å². The zero-order valence-electron chi connectivity index (χ0n) is 14.6. The van der Waals surface area contributed by atoms with E-state index in [0.29, 0.717) is 20.3 Å². The number of amides is 1. The van der Waals surface area contributed by atoms with Gasteiger partial charge in [-0.2, -0.15) is 0 Å². The molecule has 0 unspecified atom stereocenters. The van der Waals surface area contributed by atoms with Crippen molar-refractivity contribution in [2.75, 3.05) is 14.2 Å². The number of oxime groups is 1. The molecule has 2 rings (SSSR count). The van der Waals surface area contributed by atoms with Crippen LogP contribution in [-0.2, 0) is 16.2 Å². The van der Waals surface area contributed by atoms with Crippen LogP contribution in [0.3, 0.4) is 0 Å². The van der Waals surface area contributed by atoms with Crippen molar-refractivity contribution in [1.82, 2.24) is 5.32 Å². The summed E-state index contributed by atoms with van der Waals surface area (Å²) in [6.07, 6.45) is 1.69. The number of hydrogen-bond acceptors (Lipinski definition) is 4. The van der Waals surface area contributed by atoms with E-state index in [-0.39, 0.29) is 24.0 Å². The maximum absolute atomic E-state index is 13.6. The Morgan fingerprint density at radius 1 is 1.26 bits per heavy atom. The van der Waals surface area contributed by atoms with Gasteiger partial charge in [0, 0.05) is 18.2 Å². The summed E-state index contributed by atoms with van der Waals surface area (Å²) in [5, 5.41) is 6.36. The zero-order chi connectivity index (χ0) is 19.8. The summed E-state index contributed by atoms with van der Waals surface area (Å²) in [5.41, 5.74) is 2.02. The molecule has 0 aliphatic carbocycles. The van der Waals surface area contributed by atoms with Gasteiger partial charge >= 0.3 is 0 Å². The van der Waals surface area contributed by atoms with Gasteiger partial charge in [0.05, 0.1) is 3.39 Å². The van der Waals surface area contributed by atoms with E-state index in [9.17, 15) is 9.18 Å². The minimum atomic E-state index is -0.377. The molecule has 0 aliphatic rings. The second-order valence-corrected chi connectivity index (χ2v) is 8.04. The lowest BCUT2D eigenvalue weighted by Crippen LogP contribution is -2.29. The molecule has 0 saturated carbocycles. The Morgan fingerprint density at radius 2 is 2.00 bits per heavy atom. The van der Waals surface area contributed by atoms with Gasteiger partial charge in [-0.05, 0) is 61.7 Å². The van der Waals surface area contributed by atoms with Crippen LogP contribution in [0.5, 0.6) is 5.75 Å². The van der Waals surface area contributed by atoms with Gasteiger partial charge in [-0.15, -0.1) is 0 Å². The summed E-state index contributed by atoms with van der Waals surface area (Å²) < 4.78 is 20.1. The van der Waals surface area contributed by atoms with Crippen molar-refractivity contribution < 1.29 is 18.8 Å². The van der Waals surface area contributed by atoms with Gasteiger partial charge in [0.15, 0.2) is 5.71 Å². The number of nitrogens with zero attached hydrogens (tertiary/aromatic N) is 1. The van der Waals surface area contributed by atoms with E-state index in [2.05, 4.69) is 42.3 Å². The first-order valence-corrected chi connectivity index (χ1v) is 9.41. The number of nitrogens with one attached hydrogen (secondary N) is 1. The SMILES string of the molecule is CNC(=O)C(=NOC)c1ccccc1COc1ccc(F)cc1C=C(Br)Br. The highest BCUT2D eigenvalue weighted by Crippen LogP contribution is 2.27. The van der Waals surface area contributed by atoms with E-state index in [4.69, 9.17) is 9.57 Å². The second kappa shape index (κ2) is 10.2. The molecule has 0 atom stereocenters. The number of likely N-dealkylation sites (N-methyl/N-ethyl adjacent to an activating group) is 1. The van der Waals surface area contributed by atoms with Gasteiger partial charge < -0.3 is 14.9 Å². The average Bonchev–Trinajstić information content (AvgIpc) is 2.65. The maximum atomic E-state index is 13.6. The summed E-state index contributed by atoms with van der Waals surface area (Å²) in [6.45, 7) is 0.155. The van der Waals surface area contributed by atoms with Crippen LogP contribution in [0, 0.1) is 5.82 Å². The monoisotopic (exact) mass is 498 g/mol. The lowest BCUT2D eigenvalue weighted by molar-refractivity contribution is -0.114. The molecule has 0 saturated heterocycles. The summed E-state index contributed by atoms with van der Waals surface area (Å²) in [7, 11) is 2.89. The lowest BCUT2D eigenvalue weighted by atomic mass is 10.0. The van der Waals surface area contributed by atoms with Crippen LogP contribution in [0.1, 0.15) is 16.7 Å². The number of halogens is 3. The predicted molar refractivity (Wildman–Crippen MR) is 111 cm³/mol. The lowest BCUT2D eigenvalue weighted by Gasteiger charge is -2.13. The second-order valence-electron chi connectivity index (χ2n) is 5.26. The van der Waals surface area contributed by atoms with Gasteiger partial charge in [0.25, 0.3) is 5.91 Å². The Hall–Kier alpha value is -2.19. The van der Waals surface area contributed by atoms with Crippen LogP contribution in [-0.4, -0.2) is 25.8 Å². The van der Waals surface area contributed by atoms with Crippen LogP contribution < -0.4 is 10.1 Å². The normalized spacial score (nSPS) is 10.9. The first-order chi connectivity index (χ1) is 13.0. The van der Waals surface area contributed by atoms with E-state index in [1.165, 1.54) is 26.3 Å². The smallest absolute Gasteiger partial charge is 0.273 e. The predicted octanol–water partition coefficient (Wildman–Crippen LogP) is 4.59. The van der Waals surface area contributed by atoms with Gasteiger partial charge in [0.2, 0.25) is 0 Å². The van der Waals surface area contributed by atoms with Crippen molar-refractivity contribution in [3.8, 4) is 5.75 Å². The van der Waals surface area contributed by atoms with E-state index in [0.717, 1.165) is 5.56 Å². The summed E-state index contributed by atoms with van der Waals surface area (Å²) >= 11 is 6.53. The van der Waals surface area contributed by atoms with Crippen LogP contribution in [0.2, 0.25) is 0 Å². The molecule has 142 valence electrons. The number of carbonyl (C=O) groups is 1. The molecule has 0 aliphatic heterocycles. The molecule has 1 amide bonds. The third-order valence-corrected chi connectivity index (χ3v) is 3.97. The minimum absolute atomic E-state index is 0.140. The average molecular weight is 500 g/mol. The molecule has 27 heavy (non-hydrogen) atoms. The fraction of sp³-hybridized carbons (Fsp3) is 0.158. The van der Waals surface area contributed by atoms with E-state index in [1.54, 1.807) is 24.3 Å². The molecule has 5 nitrogen and oxygen atoms in total. The van der Waals surface area contributed by atoms with Gasteiger partial charge in [-0.25, -0.2) is 4.39 Å². The highest BCUT2D eigenvalue weighted by molar-refractivity contribution is 9.28. The van der Waals surface area contributed by atoms with Crippen LogP contribution in [0.4, 0.5) is 4.39 Å². The molecule has 0 heterocycles. The quantitative estimate of drug-likeness (QED) is 0.447. The highest BCUT2D eigenvalue weighted by atomic mass is 79.9. The summed E-state index contributed by atoms with van der Waals surface area (Å²) in [6, 6.07) is 11.4. The minimum Gasteiger partial charge on any atom is -0.488 e. The van der Waals surface area contributed by atoms with Crippen LogP contribution in [0.15, 0.2) is 51.0 Å². The molecule has 0 spiro atoms. The Bertz CT molecular complexity index is 881. The third kappa shape index (κ3) is 5.90. The van der Waals surface area contributed by atoms with Crippen molar-refractivity contribution in [3.05, 3.63) is 68.4 Å². The van der Waals surface area contributed by atoms with Crippen molar-refractivity contribution in [1.29, 1.82) is 0 Å². The molecule has 0 fully saturated rings. The summed E-state index contributed by atoms with van der Waals surface area (Å²) in [4.78, 5) is 16.9. The Morgan fingerprint density at radius 3 is 2.67 bits per heavy atom. The van der Waals surface area contributed by atoms with Gasteiger partial charge in [-0.3, -0.25) is 4.79 Å². The first kappa shape index (κ1) is 21.1. The number of carbonyl (C=O) groups excluding carboxylic acids is 1. The largest absolute Gasteiger partial charge is 0.488 e. The third-order valence-electron chi connectivity index (χ3n) is 3.52. The van der Waals surface area contributed by atoms with E-state index < -0.39 is 0 Å². The Kier molecular flexibility index (Phi) is 7.99. The zero-order valence-corrected chi connectivity index (χ0v) is 17.8. The van der Waals surface area contributed by atoms with Gasteiger partial charge in [0.1, 0.15) is 25.3 Å². The van der Waals surface area contributed by atoms with Crippen molar-refractivity contribution >= 4 is 49.6 Å². The topological polar surface area (TPSA) is 59.9 Å². The molecule has 2 aromatic rings. The molecule has 0 radical (unpaired) electrons. The van der Waals surface area contributed by atoms with Crippen molar-refractivity contribution in [2.24, 2.45) is 5.16 Å². The summed E-state index contributed by atoms with van der Waals surface area (Å²) in [5.74, 6) is -0.255. The number of benzene rings is 2. The molecule has 0 bridgehead atoms. The highest BCUT2D eigenvalue weighted by Gasteiger charge is 2.17. The molecular formula is C19H17Br2FN2O3. The number of rotatable bonds is 7. The van der Waals surface area contributed by atoms with E-state index in [1.807, 2.05) is 12.1 Å². The molecule has 2 aromatic carbocycles. The maximum Gasteiger partial charge on any atom is 0.273 e. The number of ether oxygens (including phenoxy) is 1. The molecule has 1 N–H and O–H groups in total. The van der Waals surface area contributed by atoms with Crippen LogP contribution >= 0.6 is 31.9 Å². The van der Waals surface area contributed by atoms with Crippen molar-refractivity contribution in [2.45, 2.75) is 6.61 Å². The van der Waals surface area contributed by atoms with Crippen LogP contribution in [0.25, 0.3) is 6.08 Å².